The minimum atomic E-state index is -2.48. The van der Waals surface area contributed by atoms with Gasteiger partial charge in [0.2, 0.25) is 0 Å². The molecule has 0 radical (unpaired) electrons. The molecule has 0 saturated heterocycles. The van der Waals surface area contributed by atoms with E-state index in [9.17, 15) is 0 Å². The summed E-state index contributed by atoms with van der Waals surface area (Å²) in [4.78, 5) is 0. The second-order valence-electron chi connectivity index (χ2n) is 1.82. The van der Waals surface area contributed by atoms with Gasteiger partial charge in [-0.3, -0.25) is 0 Å². The lowest BCUT2D eigenvalue weighted by Gasteiger charge is -2.00. The summed E-state index contributed by atoms with van der Waals surface area (Å²) in [6.07, 6.45) is 0. The summed E-state index contributed by atoms with van der Waals surface area (Å²) in [6, 6.07) is 4.30. The molecule has 10 heavy (non-hydrogen) atoms. The number of rotatable bonds is 1. The lowest BCUT2D eigenvalue weighted by atomic mass is 10.3. The molecular weight excluding hydrogens is 150 g/mol. The topological polar surface area (TPSA) is 35.2 Å². The van der Waals surface area contributed by atoms with E-state index in [0.717, 1.165) is 0 Å². The van der Waals surface area contributed by atoms with Crippen molar-refractivity contribution >= 4 is 17.3 Å². The highest BCUT2D eigenvalue weighted by molar-refractivity contribution is 6.31. The third-order valence-electron chi connectivity index (χ3n) is 1.01. The minimum absolute atomic E-state index is 0.144. The monoisotopic (exact) mass is 160 g/mol. The molecule has 54 valence electrons. The summed E-state index contributed by atoms with van der Waals surface area (Å²) in [5.41, 5.74) is 5.80. The van der Waals surface area contributed by atoms with E-state index in [2.05, 4.69) is 4.74 Å². The first kappa shape index (κ1) is 4.09. The predicted molar refractivity (Wildman–Crippen MR) is 42.4 cm³/mol. The summed E-state index contributed by atoms with van der Waals surface area (Å²) in [6.45, 7) is 0. The average molecular weight is 161 g/mol. The first-order chi connectivity index (χ1) is 5.87. The van der Waals surface area contributed by atoms with Crippen molar-refractivity contribution < 1.29 is 8.85 Å². The molecule has 2 N–H and O–H groups in total. The van der Waals surface area contributed by atoms with Crippen LogP contribution in [0, 0.1) is 0 Å². The van der Waals surface area contributed by atoms with E-state index in [0.29, 0.717) is 10.7 Å². The quantitative estimate of drug-likeness (QED) is 0.638. The number of ether oxygens (including phenoxy) is 1. The van der Waals surface area contributed by atoms with E-state index in [-0.39, 0.29) is 5.75 Å². The van der Waals surface area contributed by atoms with Crippen molar-refractivity contribution in [3.63, 3.8) is 0 Å². The van der Waals surface area contributed by atoms with Crippen LogP contribution in [0.3, 0.4) is 0 Å². The molecule has 2 nitrogen and oxygen atoms in total. The zero-order valence-corrected chi connectivity index (χ0v) is 5.85. The van der Waals surface area contributed by atoms with Gasteiger partial charge >= 0.3 is 0 Å². The molecule has 0 atom stereocenters. The third-order valence-corrected chi connectivity index (χ3v) is 1.23. The Bertz CT molecular complexity index is 293. The van der Waals surface area contributed by atoms with Crippen LogP contribution in [0.5, 0.6) is 5.75 Å². The van der Waals surface area contributed by atoms with Crippen molar-refractivity contribution in [2.24, 2.45) is 0 Å². The first-order valence-corrected chi connectivity index (χ1v) is 3.00. The third kappa shape index (κ3) is 1.54. The number of nitrogen functional groups attached to an aromatic ring is 1. The largest absolute Gasteiger partial charge is 0.497 e. The normalized spacial score (nSPS) is 15.1. The number of nitrogens with two attached hydrogens (primary N) is 1. The number of methoxy groups -OCH3 is 1. The fraction of sp³-hybridized carbons (Fsp3) is 0.143. The lowest BCUT2D eigenvalue weighted by molar-refractivity contribution is 0.415. The van der Waals surface area contributed by atoms with Crippen LogP contribution in [0.1, 0.15) is 4.11 Å². The van der Waals surface area contributed by atoms with Gasteiger partial charge < -0.3 is 10.5 Å². The highest BCUT2D eigenvalue weighted by Crippen LogP contribution is 2.21. The molecule has 0 heterocycles. The van der Waals surface area contributed by atoms with Gasteiger partial charge in [-0.15, -0.1) is 0 Å². The smallest absolute Gasteiger partial charge is 0.122 e. The molecule has 0 aliphatic carbocycles. The molecule has 0 fully saturated rings. The van der Waals surface area contributed by atoms with Gasteiger partial charge in [0.05, 0.1) is 11.2 Å². The maximum Gasteiger partial charge on any atom is 0.122 e. The molecule has 0 aliphatic rings. The molecule has 0 amide bonds. The second kappa shape index (κ2) is 2.80. The highest BCUT2D eigenvalue weighted by atomic mass is 35.5. The number of hydrogen-bond donors (Lipinski definition) is 1. The summed E-state index contributed by atoms with van der Waals surface area (Å²) in [5, 5.41) is 0.347. The summed E-state index contributed by atoms with van der Waals surface area (Å²) >= 11 is 5.64. The van der Waals surface area contributed by atoms with Crippen LogP contribution in [-0.2, 0) is 0 Å². The van der Waals surface area contributed by atoms with Crippen LogP contribution in [0.2, 0.25) is 5.02 Å². The average Bonchev–Trinajstić information content (AvgIpc) is 1.78. The van der Waals surface area contributed by atoms with Crippen molar-refractivity contribution in [3.05, 3.63) is 23.2 Å². The molecule has 1 rings (SSSR count). The van der Waals surface area contributed by atoms with Crippen molar-refractivity contribution in [3.8, 4) is 5.75 Å². The van der Waals surface area contributed by atoms with E-state index in [1.165, 1.54) is 18.2 Å². The number of anilines is 1. The van der Waals surface area contributed by atoms with Crippen molar-refractivity contribution in [1.82, 2.24) is 0 Å². The van der Waals surface area contributed by atoms with Gasteiger partial charge in [0.25, 0.3) is 0 Å². The van der Waals surface area contributed by atoms with Crippen LogP contribution < -0.4 is 10.5 Å². The Labute approximate surface area is 68.8 Å². The van der Waals surface area contributed by atoms with E-state index < -0.39 is 7.04 Å². The van der Waals surface area contributed by atoms with E-state index in [1.807, 2.05) is 0 Å². The molecular formula is C7H8ClNO. The maximum absolute atomic E-state index is 6.84. The second-order valence-corrected chi connectivity index (χ2v) is 2.26. The number of halogens is 1. The Kier molecular flexibility index (Phi) is 1.14. The first-order valence-electron chi connectivity index (χ1n) is 4.12. The zero-order valence-electron chi connectivity index (χ0n) is 8.10. The molecule has 0 bridgehead atoms. The van der Waals surface area contributed by atoms with Crippen molar-refractivity contribution in [2.45, 2.75) is 0 Å². The van der Waals surface area contributed by atoms with Gasteiger partial charge in [-0.1, -0.05) is 11.6 Å². The van der Waals surface area contributed by atoms with Gasteiger partial charge in [0, 0.05) is 16.8 Å². The Morgan fingerprint density at radius 1 is 1.60 bits per heavy atom. The molecule has 0 aliphatic heterocycles. The lowest BCUT2D eigenvalue weighted by Crippen LogP contribution is -1.87. The highest BCUT2D eigenvalue weighted by Gasteiger charge is 1.94. The molecule has 1 aromatic rings. The Morgan fingerprint density at radius 2 is 2.40 bits per heavy atom. The summed E-state index contributed by atoms with van der Waals surface area (Å²) < 4.78 is 25.1. The SMILES string of the molecule is [2H]C([2H])([2H])Oc1cc(N)cc(Cl)c1. The fourth-order valence-corrected chi connectivity index (χ4v) is 0.877. The van der Waals surface area contributed by atoms with Gasteiger partial charge in [0.15, 0.2) is 0 Å². The Balaban J connectivity index is 2.90. The van der Waals surface area contributed by atoms with Crippen LogP contribution in [0.4, 0.5) is 5.69 Å². The number of benzene rings is 1. The van der Waals surface area contributed by atoms with Crippen molar-refractivity contribution in [1.29, 1.82) is 0 Å². The van der Waals surface area contributed by atoms with Gasteiger partial charge in [-0.05, 0) is 12.1 Å². The maximum atomic E-state index is 6.84. The molecule has 0 unspecified atom stereocenters. The minimum Gasteiger partial charge on any atom is -0.497 e. The van der Waals surface area contributed by atoms with E-state index >= 15 is 0 Å². The van der Waals surface area contributed by atoms with Crippen LogP contribution in [0.15, 0.2) is 18.2 Å². The van der Waals surface area contributed by atoms with Crippen LogP contribution in [-0.4, -0.2) is 7.04 Å². The molecule has 0 aromatic heterocycles. The Morgan fingerprint density at radius 3 is 3.00 bits per heavy atom. The predicted octanol–water partition coefficient (Wildman–Crippen LogP) is 1.93. The standard InChI is InChI=1S/C7H8ClNO/c1-10-7-3-5(8)2-6(9)4-7/h2-4H,9H2,1H3/i1D3. The molecule has 3 heteroatoms. The number of hydrogen-bond acceptors (Lipinski definition) is 2. The Hall–Kier alpha value is -0.890. The summed E-state index contributed by atoms with van der Waals surface area (Å²) in [5.74, 6) is 0.144. The fourth-order valence-electron chi connectivity index (χ4n) is 0.643. The van der Waals surface area contributed by atoms with E-state index in [4.69, 9.17) is 21.4 Å². The molecule has 0 spiro atoms. The van der Waals surface area contributed by atoms with Gasteiger partial charge in [0.1, 0.15) is 5.75 Å². The van der Waals surface area contributed by atoms with Crippen LogP contribution >= 0.6 is 11.6 Å². The van der Waals surface area contributed by atoms with Crippen LogP contribution in [0.25, 0.3) is 0 Å². The van der Waals surface area contributed by atoms with Gasteiger partial charge in [-0.25, -0.2) is 0 Å². The molecule has 1 aromatic carbocycles. The molecule has 0 saturated carbocycles. The summed E-state index contributed by atoms with van der Waals surface area (Å²) in [7, 11) is -2.48. The zero-order chi connectivity index (χ0) is 10.1. The van der Waals surface area contributed by atoms with Crippen molar-refractivity contribution in [2.75, 3.05) is 12.8 Å². The van der Waals surface area contributed by atoms with Gasteiger partial charge in [-0.2, -0.15) is 0 Å². The van der Waals surface area contributed by atoms with E-state index in [1.54, 1.807) is 0 Å².